The molecule has 0 aliphatic carbocycles. The Morgan fingerprint density at radius 1 is 0.966 bits per heavy atom. The van der Waals surface area contributed by atoms with Crippen LogP contribution in [0.2, 0.25) is 0 Å². The lowest BCUT2D eigenvalue weighted by Crippen LogP contribution is -2.42. The average Bonchev–Trinajstić information content (AvgIpc) is 3.25. The zero-order valence-corrected chi connectivity index (χ0v) is 17.0. The minimum absolute atomic E-state index is 0.185. The molecule has 1 aromatic heterocycles. The number of amides is 1. The summed E-state index contributed by atoms with van der Waals surface area (Å²) >= 11 is 1.41. The van der Waals surface area contributed by atoms with E-state index >= 15 is 0 Å². The number of thiophene rings is 1. The first-order chi connectivity index (χ1) is 14.2. The van der Waals surface area contributed by atoms with Crippen molar-refractivity contribution in [1.82, 2.24) is 4.90 Å². The third kappa shape index (κ3) is 4.77. The highest BCUT2D eigenvalue weighted by atomic mass is 32.1. The van der Waals surface area contributed by atoms with E-state index in [-0.39, 0.29) is 12.5 Å². The summed E-state index contributed by atoms with van der Waals surface area (Å²) in [5, 5.41) is 1.03. The van der Waals surface area contributed by atoms with Gasteiger partial charge in [0.2, 0.25) is 0 Å². The van der Waals surface area contributed by atoms with Gasteiger partial charge in [-0.2, -0.15) is 0 Å². The number of carbonyl (C=O) groups excluding carboxylic acids is 2. The second-order valence-corrected chi connectivity index (χ2v) is 7.89. The van der Waals surface area contributed by atoms with Crippen molar-refractivity contribution < 1.29 is 23.8 Å². The van der Waals surface area contributed by atoms with Crippen molar-refractivity contribution in [2.45, 2.75) is 0 Å². The average molecular weight is 416 g/mol. The summed E-state index contributed by atoms with van der Waals surface area (Å²) in [6, 6.07) is 11.9. The Balaban J connectivity index is 1.50. The molecule has 0 saturated carbocycles. The number of rotatable bonds is 5. The number of hydrogen-bond acceptors (Lipinski definition) is 7. The van der Waals surface area contributed by atoms with Crippen molar-refractivity contribution in [3.63, 3.8) is 0 Å². The lowest BCUT2D eigenvalue weighted by atomic mass is 10.1. The smallest absolute Gasteiger partial charge is 0.348 e. The van der Waals surface area contributed by atoms with Crippen LogP contribution >= 0.6 is 11.3 Å². The Kier molecular flexibility index (Phi) is 6.43. The normalized spacial score (nSPS) is 17.2. The Morgan fingerprint density at radius 3 is 2.31 bits per heavy atom. The molecule has 2 aromatic rings. The zero-order chi connectivity index (χ0) is 20.1. The van der Waals surface area contributed by atoms with E-state index < -0.39 is 5.97 Å². The number of hydrogen-bond donors (Lipinski definition) is 0. The van der Waals surface area contributed by atoms with Gasteiger partial charge >= 0.3 is 5.97 Å². The van der Waals surface area contributed by atoms with Gasteiger partial charge in [0.25, 0.3) is 5.91 Å². The molecule has 0 atom stereocenters. The highest BCUT2D eigenvalue weighted by molar-refractivity contribution is 7.18. The Bertz CT molecular complexity index is 842. The summed E-state index contributed by atoms with van der Waals surface area (Å²) in [4.78, 5) is 29.3. The van der Waals surface area contributed by atoms with Gasteiger partial charge in [-0.1, -0.05) is 30.3 Å². The third-order valence-corrected chi connectivity index (χ3v) is 6.16. The minimum Gasteiger partial charge on any atom is -0.451 e. The molecule has 1 amide bonds. The van der Waals surface area contributed by atoms with Crippen LogP contribution in [0.25, 0.3) is 11.1 Å². The van der Waals surface area contributed by atoms with E-state index in [1.807, 2.05) is 36.4 Å². The van der Waals surface area contributed by atoms with Gasteiger partial charge in [-0.05, 0) is 11.6 Å². The number of anilines is 1. The molecular weight excluding hydrogens is 392 g/mol. The fraction of sp³-hybridized carbons (Fsp3) is 0.429. The van der Waals surface area contributed by atoms with E-state index in [0.717, 1.165) is 29.2 Å². The standard InChI is InChI=1S/C21H24N2O5S/c24-19(22-6-10-26-11-7-22)15-28-21(25)18-14-17(16-4-2-1-3-5-16)20(29-18)23-8-12-27-13-9-23/h1-5,14H,6-13,15H2. The molecule has 0 spiro atoms. The highest BCUT2D eigenvalue weighted by Gasteiger charge is 2.24. The van der Waals surface area contributed by atoms with E-state index in [0.29, 0.717) is 44.4 Å². The van der Waals surface area contributed by atoms with Crippen LogP contribution in [0.4, 0.5) is 5.00 Å². The maximum absolute atomic E-state index is 12.7. The van der Waals surface area contributed by atoms with E-state index in [1.54, 1.807) is 4.90 Å². The van der Waals surface area contributed by atoms with E-state index in [1.165, 1.54) is 11.3 Å². The van der Waals surface area contributed by atoms with Crippen molar-refractivity contribution in [2.75, 3.05) is 64.1 Å². The van der Waals surface area contributed by atoms with Crippen molar-refractivity contribution >= 4 is 28.2 Å². The molecule has 8 heteroatoms. The van der Waals surface area contributed by atoms with Crippen molar-refractivity contribution in [1.29, 1.82) is 0 Å². The number of benzene rings is 1. The number of nitrogens with zero attached hydrogens (tertiary/aromatic N) is 2. The quantitative estimate of drug-likeness (QED) is 0.697. The number of esters is 1. The van der Waals surface area contributed by atoms with Gasteiger partial charge in [0.15, 0.2) is 6.61 Å². The predicted octanol–water partition coefficient (Wildman–Crippen LogP) is 2.27. The molecular formula is C21H24N2O5S. The summed E-state index contributed by atoms with van der Waals surface area (Å²) in [5.41, 5.74) is 2.05. The molecule has 0 bridgehead atoms. The van der Waals surface area contributed by atoms with E-state index in [2.05, 4.69) is 4.90 Å². The topological polar surface area (TPSA) is 68.3 Å². The lowest BCUT2D eigenvalue weighted by molar-refractivity contribution is -0.138. The molecule has 0 N–H and O–H groups in total. The first kappa shape index (κ1) is 19.9. The highest BCUT2D eigenvalue weighted by Crippen LogP contribution is 2.39. The van der Waals surface area contributed by atoms with Crippen LogP contribution in [0.5, 0.6) is 0 Å². The number of morpholine rings is 2. The first-order valence-corrected chi connectivity index (χ1v) is 10.6. The van der Waals surface area contributed by atoms with Crippen LogP contribution in [-0.2, 0) is 19.0 Å². The maximum atomic E-state index is 12.7. The molecule has 0 unspecified atom stereocenters. The zero-order valence-electron chi connectivity index (χ0n) is 16.2. The van der Waals surface area contributed by atoms with Crippen LogP contribution in [0.3, 0.4) is 0 Å². The molecule has 29 heavy (non-hydrogen) atoms. The molecule has 7 nitrogen and oxygen atoms in total. The molecule has 2 fully saturated rings. The minimum atomic E-state index is -0.465. The molecule has 154 valence electrons. The van der Waals surface area contributed by atoms with Gasteiger partial charge in [-0.25, -0.2) is 4.79 Å². The van der Waals surface area contributed by atoms with Crippen LogP contribution in [0.1, 0.15) is 9.67 Å². The summed E-state index contributed by atoms with van der Waals surface area (Å²) in [7, 11) is 0. The predicted molar refractivity (Wildman–Crippen MR) is 110 cm³/mol. The fourth-order valence-corrected chi connectivity index (χ4v) is 4.54. The van der Waals surface area contributed by atoms with Crippen molar-refractivity contribution in [3.8, 4) is 11.1 Å². The van der Waals surface area contributed by atoms with Crippen LogP contribution in [0, 0.1) is 0 Å². The van der Waals surface area contributed by atoms with Gasteiger partial charge in [0.05, 0.1) is 31.4 Å². The Hall–Kier alpha value is -2.42. The second-order valence-electron chi connectivity index (χ2n) is 6.86. The molecule has 4 rings (SSSR count). The van der Waals surface area contributed by atoms with Crippen LogP contribution in [-0.4, -0.2) is 76.0 Å². The molecule has 1 aromatic carbocycles. The van der Waals surface area contributed by atoms with Crippen molar-refractivity contribution in [3.05, 3.63) is 41.3 Å². The molecule has 2 aliphatic heterocycles. The maximum Gasteiger partial charge on any atom is 0.348 e. The summed E-state index contributed by atoms with van der Waals surface area (Å²) in [5.74, 6) is -0.650. The van der Waals surface area contributed by atoms with E-state index in [9.17, 15) is 9.59 Å². The lowest BCUT2D eigenvalue weighted by Gasteiger charge is -2.28. The Labute approximate surface area is 173 Å². The van der Waals surface area contributed by atoms with Crippen LogP contribution < -0.4 is 4.90 Å². The first-order valence-electron chi connectivity index (χ1n) is 9.77. The van der Waals surface area contributed by atoms with Gasteiger partial charge in [0, 0.05) is 31.7 Å². The second kappa shape index (κ2) is 9.39. The molecule has 3 heterocycles. The van der Waals surface area contributed by atoms with E-state index in [4.69, 9.17) is 14.2 Å². The number of ether oxygens (including phenoxy) is 3. The van der Waals surface area contributed by atoms with Gasteiger partial charge < -0.3 is 24.0 Å². The molecule has 2 aliphatic rings. The van der Waals surface area contributed by atoms with Gasteiger partial charge in [-0.3, -0.25) is 4.79 Å². The SMILES string of the molecule is O=C(OCC(=O)N1CCOCC1)c1cc(-c2ccccc2)c(N2CCOCC2)s1. The summed E-state index contributed by atoms with van der Waals surface area (Å²) in [6.07, 6.45) is 0. The van der Waals surface area contributed by atoms with Gasteiger partial charge in [0.1, 0.15) is 4.88 Å². The van der Waals surface area contributed by atoms with Crippen LogP contribution in [0.15, 0.2) is 36.4 Å². The third-order valence-electron chi connectivity index (χ3n) is 4.99. The fourth-order valence-electron chi connectivity index (χ4n) is 3.41. The number of carbonyl (C=O) groups is 2. The molecule has 2 saturated heterocycles. The monoisotopic (exact) mass is 416 g/mol. The van der Waals surface area contributed by atoms with Gasteiger partial charge in [-0.15, -0.1) is 11.3 Å². The summed E-state index contributed by atoms with van der Waals surface area (Å²) < 4.78 is 16.0. The summed E-state index contributed by atoms with van der Waals surface area (Å²) in [6.45, 7) is 4.77. The largest absolute Gasteiger partial charge is 0.451 e. The Morgan fingerprint density at radius 2 is 1.62 bits per heavy atom. The van der Waals surface area contributed by atoms with Crippen molar-refractivity contribution in [2.24, 2.45) is 0 Å². The molecule has 0 radical (unpaired) electrons.